The van der Waals surface area contributed by atoms with Crippen molar-refractivity contribution < 1.29 is 9.59 Å². The van der Waals surface area contributed by atoms with Gasteiger partial charge in [-0.1, -0.05) is 39.5 Å². The molecule has 142 valence electrons. The summed E-state index contributed by atoms with van der Waals surface area (Å²) in [5, 5.41) is 0. The van der Waals surface area contributed by atoms with Gasteiger partial charge in [0, 0.05) is 18.0 Å². The molecule has 1 aromatic heterocycles. The number of amides is 2. The van der Waals surface area contributed by atoms with E-state index in [2.05, 4.69) is 32.7 Å². The summed E-state index contributed by atoms with van der Waals surface area (Å²) in [7, 11) is 0. The first-order valence-electron chi connectivity index (χ1n) is 8.84. The number of hydrogen-bond acceptors (Lipinski definition) is 5. The van der Waals surface area contributed by atoms with Gasteiger partial charge < -0.3 is 10.6 Å². The summed E-state index contributed by atoms with van der Waals surface area (Å²) in [6, 6.07) is 0. The number of hydrogen-bond donors (Lipinski definition) is 1. The number of carbonyl (C=O) groups is 2. The highest BCUT2D eigenvalue weighted by Gasteiger charge is 2.17. The van der Waals surface area contributed by atoms with E-state index < -0.39 is 0 Å². The Labute approximate surface area is 159 Å². The van der Waals surface area contributed by atoms with Crippen LogP contribution in [0.1, 0.15) is 51.1 Å². The summed E-state index contributed by atoms with van der Waals surface area (Å²) < 4.78 is 0.828. The topological polar surface area (TPSA) is 76.3 Å². The van der Waals surface area contributed by atoms with Crippen molar-refractivity contribution >= 4 is 34.9 Å². The minimum atomic E-state index is -0.354. The number of nitrogens with zero attached hydrogens (tertiary/aromatic N) is 2. The predicted molar refractivity (Wildman–Crippen MR) is 106 cm³/mol. The van der Waals surface area contributed by atoms with Crippen molar-refractivity contribution in [3.63, 3.8) is 0 Å². The van der Waals surface area contributed by atoms with Crippen molar-refractivity contribution in [3.05, 3.63) is 10.6 Å². The summed E-state index contributed by atoms with van der Waals surface area (Å²) in [5.41, 5.74) is 6.08. The molecule has 0 aliphatic rings. The molecule has 2 N–H and O–H groups in total. The van der Waals surface area contributed by atoms with Crippen molar-refractivity contribution in [2.75, 3.05) is 18.8 Å². The lowest BCUT2D eigenvalue weighted by Crippen LogP contribution is -2.35. The summed E-state index contributed by atoms with van der Waals surface area (Å²) in [4.78, 5) is 31.0. The molecular formula is C18H31N3O2S2. The van der Waals surface area contributed by atoms with Crippen LogP contribution in [0.25, 0.3) is 0 Å². The third-order valence-corrected chi connectivity index (χ3v) is 6.12. The Bertz CT molecular complexity index is 559. The lowest BCUT2D eigenvalue weighted by atomic mass is 10.1. The van der Waals surface area contributed by atoms with Crippen LogP contribution in [-0.2, 0) is 16.0 Å². The zero-order chi connectivity index (χ0) is 19.0. The number of primary amides is 1. The lowest BCUT2D eigenvalue weighted by Gasteiger charge is -2.24. The average molecular weight is 386 g/mol. The van der Waals surface area contributed by atoms with Crippen molar-refractivity contribution in [3.8, 4) is 0 Å². The molecule has 25 heavy (non-hydrogen) atoms. The van der Waals surface area contributed by atoms with Crippen LogP contribution in [0.4, 0.5) is 0 Å². The highest BCUT2D eigenvalue weighted by molar-refractivity contribution is 8.01. The van der Waals surface area contributed by atoms with E-state index in [1.54, 1.807) is 0 Å². The van der Waals surface area contributed by atoms with Crippen LogP contribution in [0.2, 0.25) is 0 Å². The highest BCUT2D eigenvalue weighted by atomic mass is 32.2. The van der Waals surface area contributed by atoms with E-state index in [-0.39, 0.29) is 18.2 Å². The van der Waals surface area contributed by atoms with Gasteiger partial charge in [0.25, 0.3) is 0 Å². The van der Waals surface area contributed by atoms with E-state index in [0.29, 0.717) is 17.6 Å². The quantitative estimate of drug-likeness (QED) is 0.592. The van der Waals surface area contributed by atoms with Crippen molar-refractivity contribution in [2.24, 2.45) is 17.6 Å². The Morgan fingerprint density at radius 1 is 1.16 bits per heavy atom. The first-order valence-corrected chi connectivity index (χ1v) is 10.6. The number of thioether (sulfide) groups is 1. The molecule has 0 aliphatic heterocycles. The largest absolute Gasteiger partial charge is 0.369 e. The molecular weight excluding hydrogens is 354 g/mol. The van der Waals surface area contributed by atoms with Gasteiger partial charge >= 0.3 is 0 Å². The molecule has 0 aromatic carbocycles. The van der Waals surface area contributed by atoms with E-state index in [0.717, 1.165) is 40.8 Å². The molecule has 1 heterocycles. The zero-order valence-corrected chi connectivity index (χ0v) is 17.6. The van der Waals surface area contributed by atoms with Gasteiger partial charge in [0.05, 0.1) is 17.9 Å². The van der Waals surface area contributed by atoms with Gasteiger partial charge in [-0.25, -0.2) is 4.98 Å². The van der Waals surface area contributed by atoms with Crippen LogP contribution in [0, 0.1) is 18.8 Å². The summed E-state index contributed by atoms with van der Waals surface area (Å²) >= 11 is 2.91. The minimum Gasteiger partial charge on any atom is -0.369 e. The average Bonchev–Trinajstić information content (AvgIpc) is 2.83. The SMILES string of the molecule is Cc1nc(SCC(=O)N(CCC(C)C)CCC(C)C)sc1CC(N)=O. The predicted octanol–water partition coefficient (Wildman–Crippen LogP) is 3.49. The number of aryl methyl sites for hydroxylation is 1. The third-order valence-electron chi connectivity index (χ3n) is 3.83. The van der Waals surface area contributed by atoms with Gasteiger partial charge in [0.2, 0.25) is 11.8 Å². The molecule has 0 spiro atoms. The second kappa shape index (κ2) is 10.8. The van der Waals surface area contributed by atoms with Gasteiger partial charge in [0.15, 0.2) is 4.34 Å². The molecule has 0 bridgehead atoms. The Morgan fingerprint density at radius 3 is 2.20 bits per heavy atom. The first-order chi connectivity index (χ1) is 11.7. The van der Waals surface area contributed by atoms with Gasteiger partial charge in [-0.3, -0.25) is 9.59 Å². The maximum atomic E-state index is 12.6. The number of nitrogens with two attached hydrogens (primary N) is 1. The monoisotopic (exact) mass is 385 g/mol. The standard InChI is InChI=1S/C18H31N3O2S2/c1-12(2)6-8-21(9-7-13(3)4)17(23)11-24-18-20-14(5)15(25-18)10-16(19)22/h12-13H,6-11H2,1-5H3,(H2,19,22). The van der Waals surface area contributed by atoms with Gasteiger partial charge in [-0.2, -0.15) is 0 Å². The van der Waals surface area contributed by atoms with Gasteiger partial charge in [0.1, 0.15) is 0 Å². The summed E-state index contributed by atoms with van der Waals surface area (Å²) in [6.07, 6.45) is 2.26. The minimum absolute atomic E-state index is 0.163. The molecule has 1 rings (SSSR count). The van der Waals surface area contributed by atoms with Crippen LogP contribution in [0.3, 0.4) is 0 Å². The molecule has 2 amide bonds. The number of thiazole rings is 1. The fourth-order valence-corrected chi connectivity index (χ4v) is 4.34. The molecule has 0 radical (unpaired) electrons. The molecule has 0 saturated carbocycles. The van der Waals surface area contributed by atoms with Crippen LogP contribution in [0.15, 0.2) is 4.34 Å². The fourth-order valence-electron chi connectivity index (χ4n) is 2.19. The van der Waals surface area contributed by atoms with Crippen LogP contribution in [-0.4, -0.2) is 40.5 Å². The zero-order valence-electron chi connectivity index (χ0n) is 16.0. The van der Waals surface area contributed by atoms with Crippen molar-refractivity contribution in [2.45, 2.75) is 58.2 Å². The Balaban J connectivity index is 2.61. The second-order valence-electron chi connectivity index (χ2n) is 7.17. The fraction of sp³-hybridized carbons (Fsp3) is 0.722. The van der Waals surface area contributed by atoms with Crippen molar-refractivity contribution in [1.82, 2.24) is 9.88 Å². The molecule has 5 nitrogen and oxygen atoms in total. The molecule has 1 aromatic rings. The third kappa shape index (κ3) is 8.72. The molecule has 0 atom stereocenters. The van der Waals surface area contributed by atoms with Crippen LogP contribution < -0.4 is 5.73 Å². The highest BCUT2D eigenvalue weighted by Crippen LogP contribution is 2.27. The van der Waals surface area contributed by atoms with Crippen molar-refractivity contribution in [1.29, 1.82) is 0 Å². The second-order valence-corrected chi connectivity index (χ2v) is 9.47. The lowest BCUT2D eigenvalue weighted by molar-refractivity contribution is -0.128. The Kier molecular flexibility index (Phi) is 9.50. The molecule has 0 aliphatic carbocycles. The number of aromatic nitrogens is 1. The maximum absolute atomic E-state index is 12.6. The molecule has 7 heteroatoms. The van der Waals surface area contributed by atoms with E-state index in [1.165, 1.54) is 23.1 Å². The van der Waals surface area contributed by atoms with Gasteiger partial charge in [-0.05, 0) is 31.6 Å². The van der Waals surface area contributed by atoms with E-state index >= 15 is 0 Å². The Morgan fingerprint density at radius 2 is 1.72 bits per heavy atom. The van der Waals surface area contributed by atoms with E-state index in [1.807, 2.05) is 11.8 Å². The molecule has 0 unspecified atom stereocenters. The molecule has 0 fully saturated rings. The van der Waals surface area contributed by atoms with Crippen LogP contribution >= 0.6 is 23.1 Å². The summed E-state index contributed by atoms with van der Waals surface area (Å²) in [6.45, 7) is 12.2. The molecule has 0 saturated heterocycles. The maximum Gasteiger partial charge on any atom is 0.233 e. The van der Waals surface area contributed by atoms with Crippen LogP contribution in [0.5, 0.6) is 0 Å². The first kappa shape index (κ1) is 22.0. The smallest absolute Gasteiger partial charge is 0.233 e. The normalized spacial score (nSPS) is 11.3. The number of carbonyl (C=O) groups excluding carboxylic acids is 2. The Hall–Kier alpha value is -1.08. The number of rotatable bonds is 11. The van der Waals surface area contributed by atoms with E-state index in [4.69, 9.17) is 5.73 Å². The van der Waals surface area contributed by atoms with E-state index in [9.17, 15) is 9.59 Å². The summed E-state index contributed by atoms with van der Waals surface area (Å²) in [5.74, 6) is 1.36. The van der Waals surface area contributed by atoms with Gasteiger partial charge in [-0.15, -0.1) is 11.3 Å².